The summed E-state index contributed by atoms with van der Waals surface area (Å²) in [6.07, 6.45) is 5.69. The SMILES string of the molecule is COC(=O)c1ccc(C=Cc2ccc3[nH]cnc3c2)cc1. The maximum absolute atomic E-state index is 11.4. The summed E-state index contributed by atoms with van der Waals surface area (Å²) in [5, 5.41) is 0. The van der Waals surface area contributed by atoms with Gasteiger partial charge in [-0.2, -0.15) is 0 Å². The first-order valence-electron chi connectivity index (χ1n) is 6.56. The van der Waals surface area contributed by atoms with Gasteiger partial charge in [-0.3, -0.25) is 0 Å². The minimum absolute atomic E-state index is 0.325. The van der Waals surface area contributed by atoms with Crippen molar-refractivity contribution in [3.63, 3.8) is 0 Å². The molecule has 0 bridgehead atoms. The van der Waals surface area contributed by atoms with Crippen molar-refractivity contribution >= 4 is 29.2 Å². The van der Waals surface area contributed by atoms with E-state index in [9.17, 15) is 4.79 Å². The third-order valence-corrected chi connectivity index (χ3v) is 3.25. The third-order valence-electron chi connectivity index (χ3n) is 3.25. The van der Waals surface area contributed by atoms with E-state index in [2.05, 4.69) is 14.7 Å². The molecule has 1 aromatic heterocycles. The largest absolute Gasteiger partial charge is 0.465 e. The number of ether oxygens (including phenoxy) is 1. The van der Waals surface area contributed by atoms with Crippen LogP contribution >= 0.6 is 0 Å². The van der Waals surface area contributed by atoms with Crippen LogP contribution < -0.4 is 0 Å². The topological polar surface area (TPSA) is 55.0 Å². The van der Waals surface area contributed by atoms with Gasteiger partial charge in [0.25, 0.3) is 0 Å². The molecule has 1 heterocycles. The summed E-state index contributed by atoms with van der Waals surface area (Å²) in [4.78, 5) is 18.7. The molecule has 1 N–H and O–H groups in total. The number of aromatic nitrogens is 2. The Morgan fingerprint density at radius 2 is 1.81 bits per heavy atom. The highest BCUT2D eigenvalue weighted by Crippen LogP contribution is 2.15. The molecule has 0 aliphatic rings. The molecule has 0 fully saturated rings. The minimum atomic E-state index is -0.325. The monoisotopic (exact) mass is 278 g/mol. The van der Waals surface area contributed by atoms with Crippen LogP contribution in [0, 0.1) is 0 Å². The molecule has 0 radical (unpaired) electrons. The number of aromatic amines is 1. The number of nitrogens with zero attached hydrogens (tertiary/aromatic N) is 1. The number of methoxy groups -OCH3 is 1. The Bertz CT molecular complexity index is 801. The van der Waals surface area contributed by atoms with E-state index in [0.29, 0.717) is 5.56 Å². The van der Waals surface area contributed by atoms with Crippen LogP contribution in [0.4, 0.5) is 0 Å². The van der Waals surface area contributed by atoms with Crippen molar-refractivity contribution in [3.8, 4) is 0 Å². The number of benzene rings is 2. The van der Waals surface area contributed by atoms with E-state index < -0.39 is 0 Å². The van der Waals surface area contributed by atoms with E-state index in [1.54, 1.807) is 18.5 Å². The highest BCUT2D eigenvalue weighted by atomic mass is 16.5. The summed E-state index contributed by atoms with van der Waals surface area (Å²) in [6, 6.07) is 13.3. The number of esters is 1. The van der Waals surface area contributed by atoms with Crippen LogP contribution in [-0.2, 0) is 4.74 Å². The molecule has 3 aromatic rings. The van der Waals surface area contributed by atoms with Crippen molar-refractivity contribution in [1.29, 1.82) is 0 Å². The second-order valence-electron chi connectivity index (χ2n) is 4.63. The van der Waals surface area contributed by atoms with Gasteiger partial charge in [-0.1, -0.05) is 30.4 Å². The zero-order valence-electron chi connectivity index (χ0n) is 11.5. The normalized spacial score (nSPS) is 11.1. The van der Waals surface area contributed by atoms with Crippen molar-refractivity contribution in [3.05, 3.63) is 65.5 Å². The molecule has 104 valence electrons. The summed E-state index contributed by atoms with van der Waals surface area (Å²) in [5.74, 6) is -0.325. The molecule has 0 aliphatic heterocycles. The molecule has 0 saturated carbocycles. The van der Waals surface area contributed by atoms with Gasteiger partial charge in [0.2, 0.25) is 0 Å². The molecule has 0 aliphatic carbocycles. The summed E-state index contributed by atoms with van der Waals surface area (Å²) in [5.41, 5.74) is 4.61. The van der Waals surface area contributed by atoms with Gasteiger partial charge in [0.15, 0.2) is 0 Å². The molecule has 4 nitrogen and oxygen atoms in total. The Morgan fingerprint density at radius 3 is 2.57 bits per heavy atom. The fourth-order valence-electron chi connectivity index (χ4n) is 2.09. The average molecular weight is 278 g/mol. The molecule has 0 atom stereocenters. The van der Waals surface area contributed by atoms with Crippen LogP contribution in [0.2, 0.25) is 0 Å². The Morgan fingerprint density at radius 1 is 1.10 bits per heavy atom. The molecule has 0 spiro atoms. The first kappa shape index (κ1) is 13.1. The first-order chi connectivity index (χ1) is 10.3. The molecular formula is C17H14N2O2. The third kappa shape index (κ3) is 2.84. The molecule has 4 heteroatoms. The maximum atomic E-state index is 11.4. The number of nitrogens with one attached hydrogen (secondary N) is 1. The van der Waals surface area contributed by atoms with Gasteiger partial charge < -0.3 is 9.72 Å². The number of H-pyrrole nitrogens is 1. The van der Waals surface area contributed by atoms with Crippen LogP contribution in [0.1, 0.15) is 21.5 Å². The van der Waals surface area contributed by atoms with Crippen molar-refractivity contribution in [2.75, 3.05) is 7.11 Å². The number of imidazole rings is 1. The lowest BCUT2D eigenvalue weighted by Crippen LogP contribution is -2.00. The summed E-state index contributed by atoms with van der Waals surface area (Å²) in [6.45, 7) is 0. The van der Waals surface area contributed by atoms with E-state index in [-0.39, 0.29) is 5.97 Å². The predicted octanol–water partition coefficient (Wildman–Crippen LogP) is 3.52. The van der Waals surface area contributed by atoms with Crippen molar-refractivity contribution in [1.82, 2.24) is 9.97 Å². The zero-order chi connectivity index (χ0) is 14.7. The van der Waals surface area contributed by atoms with Gasteiger partial charge in [-0.25, -0.2) is 9.78 Å². The molecule has 0 saturated heterocycles. The Labute approximate surface area is 122 Å². The molecule has 21 heavy (non-hydrogen) atoms. The minimum Gasteiger partial charge on any atom is -0.465 e. The summed E-state index contributed by atoms with van der Waals surface area (Å²) < 4.78 is 4.67. The van der Waals surface area contributed by atoms with E-state index in [0.717, 1.165) is 22.2 Å². The Balaban J connectivity index is 1.80. The Kier molecular flexibility index (Phi) is 3.51. The molecular weight excluding hydrogens is 264 g/mol. The van der Waals surface area contributed by atoms with Crippen LogP contribution in [-0.4, -0.2) is 23.0 Å². The second-order valence-corrected chi connectivity index (χ2v) is 4.63. The van der Waals surface area contributed by atoms with E-state index in [4.69, 9.17) is 0 Å². The first-order valence-corrected chi connectivity index (χ1v) is 6.56. The van der Waals surface area contributed by atoms with Crippen LogP contribution in [0.15, 0.2) is 48.8 Å². The van der Waals surface area contributed by atoms with Gasteiger partial charge in [0.05, 0.1) is 30.0 Å². The Hall–Kier alpha value is -2.88. The van der Waals surface area contributed by atoms with Gasteiger partial charge in [-0.15, -0.1) is 0 Å². The number of carbonyl (C=O) groups is 1. The highest BCUT2D eigenvalue weighted by molar-refractivity contribution is 5.89. The van der Waals surface area contributed by atoms with Gasteiger partial charge in [0.1, 0.15) is 0 Å². The van der Waals surface area contributed by atoms with E-state index in [1.165, 1.54) is 7.11 Å². The number of hydrogen-bond donors (Lipinski definition) is 1. The highest BCUT2D eigenvalue weighted by Gasteiger charge is 2.03. The summed E-state index contributed by atoms with van der Waals surface area (Å²) in [7, 11) is 1.38. The van der Waals surface area contributed by atoms with Crippen LogP contribution in [0.25, 0.3) is 23.2 Å². The fourth-order valence-corrected chi connectivity index (χ4v) is 2.09. The quantitative estimate of drug-likeness (QED) is 0.589. The fraction of sp³-hybridized carbons (Fsp3) is 0.0588. The maximum Gasteiger partial charge on any atom is 0.337 e. The van der Waals surface area contributed by atoms with Crippen molar-refractivity contribution in [2.45, 2.75) is 0 Å². The molecule has 0 unspecified atom stereocenters. The van der Waals surface area contributed by atoms with E-state index in [1.807, 2.05) is 42.5 Å². The second kappa shape index (κ2) is 5.63. The van der Waals surface area contributed by atoms with Crippen LogP contribution in [0.3, 0.4) is 0 Å². The van der Waals surface area contributed by atoms with Crippen LogP contribution in [0.5, 0.6) is 0 Å². The van der Waals surface area contributed by atoms with Gasteiger partial charge >= 0.3 is 5.97 Å². The van der Waals surface area contributed by atoms with Gasteiger partial charge in [0, 0.05) is 0 Å². The lowest BCUT2D eigenvalue weighted by Gasteiger charge is -1.99. The number of rotatable bonds is 3. The van der Waals surface area contributed by atoms with Crippen molar-refractivity contribution in [2.24, 2.45) is 0 Å². The average Bonchev–Trinajstić information content (AvgIpc) is 3.00. The standard InChI is InChI=1S/C17H14N2O2/c1-21-17(20)14-7-4-12(5-8-14)2-3-13-6-9-15-16(10-13)19-11-18-15/h2-11H,1H3,(H,18,19). The predicted molar refractivity (Wildman–Crippen MR) is 82.8 cm³/mol. The number of carbonyl (C=O) groups excluding carboxylic acids is 1. The zero-order valence-corrected chi connectivity index (χ0v) is 11.5. The summed E-state index contributed by atoms with van der Waals surface area (Å²) >= 11 is 0. The molecule has 2 aromatic carbocycles. The lowest BCUT2D eigenvalue weighted by atomic mass is 10.1. The van der Waals surface area contributed by atoms with Gasteiger partial charge in [-0.05, 0) is 35.4 Å². The number of hydrogen-bond acceptors (Lipinski definition) is 3. The lowest BCUT2D eigenvalue weighted by molar-refractivity contribution is 0.0601. The van der Waals surface area contributed by atoms with E-state index >= 15 is 0 Å². The smallest absolute Gasteiger partial charge is 0.337 e. The number of fused-ring (bicyclic) bond motifs is 1. The molecule has 3 rings (SSSR count). The molecule has 0 amide bonds. The van der Waals surface area contributed by atoms with Crippen molar-refractivity contribution < 1.29 is 9.53 Å².